The fourth-order valence-electron chi connectivity index (χ4n) is 0.943. The average molecular weight is 303 g/mol. The Balaban J connectivity index is 3.18. The van der Waals surface area contributed by atoms with Crippen LogP contribution in [-0.2, 0) is 0 Å². The molecule has 1 nitrogen and oxygen atoms in total. The molecule has 0 saturated carbocycles. The van der Waals surface area contributed by atoms with Gasteiger partial charge in [-0.1, -0.05) is 34.1 Å². The van der Waals surface area contributed by atoms with E-state index in [0.717, 1.165) is 6.07 Å². The second-order valence-electron chi connectivity index (χ2n) is 2.88. The Morgan fingerprint density at radius 1 is 1.06 bits per heavy atom. The van der Waals surface area contributed by atoms with Crippen LogP contribution in [0.5, 0.6) is 0 Å². The lowest BCUT2D eigenvalue weighted by Crippen LogP contribution is -2.44. The van der Waals surface area contributed by atoms with Gasteiger partial charge in [-0.2, -0.15) is 22.0 Å². The molecule has 1 aromatic carbocycles. The molecule has 1 rings (SSSR count). The molecular weight excluding hydrogens is 299 g/mol. The van der Waals surface area contributed by atoms with Crippen molar-refractivity contribution in [3.05, 3.63) is 34.3 Å². The number of carbonyl (C=O) groups excluding carboxylic acids is 1. The number of rotatable bonds is 2. The number of hydrogen-bond acceptors (Lipinski definition) is 1. The molecule has 1 aromatic rings. The molecule has 0 atom stereocenters. The fraction of sp³-hybridized carbons (Fsp3) is 0.222. The highest BCUT2D eigenvalue weighted by atomic mass is 79.9. The number of halogens is 6. The van der Waals surface area contributed by atoms with E-state index in [0.29, 0.717) is 0 Å². The summed E-state index contributed by atoms with van der Waals surface area (Å²) in [6.45, 7) is 0. The Kier molecular flexibility index (Phi) is 3.37. The first-order chi connectivity index (χ1) is 7.18. The number of hydrogen-bond donors (Lipinski definition) is 0. The molecule has 0 aromatic heterocycles. The smallest absolute Gasteiger partial charge is 0.287 e. The van der Waals surface area contributed by atoms with E-state index in [1.54, 1.807) is 0 Å². The molecular formula is C9H4BrF5O. The third-order valence-corrected chi connectivity index (χ3v) is 2.45. The summed E-state index contributed by atoms with van der Waals surface area (Å²) in [6, 6.07) is 4.70. The third-order valence-electron chi connectivity index (χ3n) is 1.76. The topological polar surface area (TPSA) is 17.1 Å². The van der Waals surface area contributed by atoms with Crippen LogP contribution in [0.3, 0.4) is 0 Å². The molecule has 0 amide bonds. The molecule has 0 bridgehead atoms. The quantitative estimate of drug-likeness (QED) is 0.599. The van der Waals surface area contributed by atoms with Crippen LogP contribution >= 0.6 is 15.9 Å². The molecule has 0 spiro atoms. The lowest BCUT2D eigenvalue weighted by Gasteiger charge is -2.18. The number of Topliss-reactive ketones (excluding diaryl/α,β-unsaturated/α-hetero) is 1. The van der Waals surface area contributed by atoms with E-state index in [-0.39, 0.29) is 4.47 Å². The zero-order valence-corrected chi connectivity index (χ0v) is 9.07. The van der Waals surface area contributed by atoms with E-state index in [1.807, 2.05) is 0 Å². The highest BCUT2D eigenvalue weighted by Gasteiger charge is 2.63. The molecule has 7 heteroatoms. The van der Waals surface area contributed by atoms with E-state index in [2.05, 4.69) is 15.9 Å². The van der Waals surface area contributed by atoms with Gasteiger partial charge < -0.3 is 0 Å². The number of ketones is 1. The summed E-state index contributed by atoms with van der Waals surface area (Å²) in [6.07, 6.45) is -5.89. The normalized spacial score (nSPS) is 12.6. The van der Waals surface area contributed by atoms with Crippen molar-refractivity contribution in [3.63, 3.8) is 0 Å². The molecule has 0 fully saturated rings. The zero-order chi connectivity index (χ0) is 12.6. The lowest BCUT2D eigenvalue weighted by molar-refractivity contribution is -0.255. The zero-order valence-electron chi connectivity index (χ0n) is 7.49. The standard InChI is InChI=1S/C9H4BrF5O/c10-6-4-2-1-3-5(6)7(16)8(11,12)9(13,14)15/h1-4H. The van der Waals surface area contributed by atoms with Crippen molar-refractivity contribution in [3.8, 4) is 0 Å². The van der Waals surface area contributed by atoms with Gasteiger partial charge >= 0.3 is 12.1 Å². The number of carbonyl (C=O) groups is 1. The fourth-order valence-corrected chi connectivity index (χ4v) is 1.41. The highest BCUT2D eigenvalue weighted by Crippen LogP contribution is 2.39. The third kappa shape index (κ3) is 2.23. The van der Waals surface area contributed by atoms with Crippen LogP contribution in [0.15, 0.2) is 28.7 Å². The summed E-state index contributed by atoms with van der Waals surface area (Å²) in [7, 11) is 0. The van der Waals surface area contributed by atoms with Crippen molar-refractivity contribution in [1.29, 1.82) is 0 Å². The van der Waals surface area contributed by atoms with Crippen LogP contribution in [0.25, 0.3) is 0 Å². The van der Waals surface area contributed by atoms with Gasteiger partial charge in [-0.05, 0) is 6.07 Å². The molecule has 16 heavy (non-hydrogen) atoms. The van der Waals surface area contributed by atoms with Crippen molar-refractivity contribution in [1.82, 2.24) is 0 Å². The molecule has 0 aliphatic rings. The summed E-state index contributed by atoms with van der Waals surface area (Å²) >= 11 is 2.73. The molecule has 0 aliphatic heterocycles. The predicted molar refractivity (Wildman–Crippen MR) is 49.5 cm³/mol. The molecule has 0 N–H and O–H groups in total. The van der Waals surface area contributed by atoms with Crippen molar-refractivity contribution >= 4 is 21.7 Å². The van der Waals surface area contributed by atoms with Gasteiger partial charge in [0.15, 0.2) is 0 Å². The maximum Gasteiger partial charge on any atom is 0.461 e. The van der Waals surface area contributed by atoms with Gasteiger partial charge in [0, 0.05) is 10.0 Å². The van der Waals surface area contributed by atoms with Gasteiger partial charge in [-0.25, -0.2) is 0 Å². The van der Waals surface area contributed by atoms with Gasteiger partial charge in [0.05, 0.1) is 0 Å². The lowest BCUT2D eigenvalue weighted by atomic mass is 10.1. The van der Waals surface area contributed by atoms with Crippen molar-refractivity contribution in [2.75, 3.05) is 0 Å². The van der Waals surface area contributed by atoms with E-state index in [4.69, 9.17) is 0 Å². The molecule has 0 radical (unpaired) electrons. The SMILES string of the molecule is O=C(c1ccccc1Br)C(F)(F)C(F)(F)F. The average Bonchev–Trinajstić information content (AvgIpc) is 2.15. The minimum Gasteiger partial charge on any atom is -0.287 e. The maximum absolute atomic E-state index is 12.7. The van der Waals surface area contributed by atoms with E-state index >= 15 is 0 Å². The second kappa shape index (κ2) is 4.12. The minimum atomic E-state index is -5.89. The minimum absolute atomic E-state index is 0.107. The highest BCUT2D eigenvalue weighted by molar-refractivity contribution is 9.10. The Labute approximate surface area is 95.4 Å². The molecule has 0 aliphatic carbocycles. The number of benzene rings is 1. The predicted octanol–water partition coefficient (Wildman–Crippen LogP) is 3.83. The first kappa shape index (κ1) is 13.1. The first-order valence-electron chi connectivity index (χ1n) is 3.92. The van der Waals surface area contributed by atoms with Crippen LogP contribution in [0, 0.1) is 0 Å². The Morgan fingerprint density at radius 2 is 1.56 bits per heavy atom. The summed E-state index contributed by atoms with van der Waals surface area (Å²) in [5.74, 6) is -7.65. The summed E-state index contributed by atoms with van der Waals surface area (Å²) < 4.78 is 61.0. The van der Waals surface area contributed by atoms with Gasteiger partial charge in [-0.3, -0.25) is 4.79 Å². The van der Waals surface area contributed by atoms with Crippen LogP contribution < -0.4 is 0 Å². The molecule has 0 saturated heterocycles. The Hall–Kier alpha value is -0.980. The van der Waals surface area contributed by atoms with Crippen LogP contribution in [-0.4, -0.2) is 17.9 Å². The van der Waals surface area contributed by atoms with E-state index in [1.165, 1.54) is 18.2 Å². The van der Waals surface area contributed by atoms with Gasteiger partial charge in [-0.15, -0.1) is 0 Å². The van der Waals surface area contributed by atoms with Crippen molar-refractivity contribution in [2.24, 2.45) is 0 Å². The molecule has 88 valence electrons. The molecule has 0 heterocycles. The van der Waals surface area contributed by atoms with Crippen LogP contribution in [0.2, 0.25) is 0 Å². The van der Waals surface area contributed by atoms with Crippen molar-refractivity contribution < 1.29 is 26.7 Å². The summed E-state index contributed by atoms with van der Waals surface area (Å²) in [4.78, 5) is 11.0. The number of alkyl halides is 5. The summed E-state index contributed by atoms with van der Waals surface area (Å²) in [5.41, 5.74) is -0.704. The van der Waals surface area contributed by atoms with Crippen LogP contribution in [0.4, 0.5) is 22.0 Å². The molecule has 0 unspecified atom stereocenters. The first-order valence-corrected chi connectivity index (χ1v) is 4.71. The van der Waals surface area contributed by atoms with E-state index in [9.17, 15) is 26.7 Å². The second-order valence-corrected chi connectivity index (χ2v) is 3.74. The maximum atomic E-state index is 12.7. The van der Waals surface area contributed by atoms with E-state index < -0.39 is 23.4 Å². The van der Waals surface area contributed by atoms with Crippen molar-refractivity contribution in [2.45, 2.75) is 12.1 Å². The van der Waals surface area contributed by atoms with Gasteiger partial charge in [0.1, 0.15) is 0 Å². The largest absolute Gasteiger partial charge is 0.461 e. The Morgan fingerprint density at radius 3 is 2.00 bits per heavy atom. The monoisotopic (exact) mass is 302 g/mol. The summed E-state index contributed by atoms with van der Waals surface area (Å²) in [5, 5.41) is 0. The van der Waals surface area contributed by atoms with Gasteiger partial charge in [0.2, 0.25) is 5.78 Å². The van der Waals surface area contributed by atoms with Gasteiger partial charge in [0.25, 0.3) is 0 Å². The Bertz CT molecular complexity index is 413. The van der Waals surface area contributed by atoms with Crippen LogP contribution in [0.1, 0.15) is 10.4 Å².